The van der Waals surface area contributed by atoms with E-state index < -0.39 is 5.41 Å². The number of pyridine rings is 2. The molecule has 0 amide bonds. The van der Waals surface area contributed by atoms with E-state index in [0.717, 1.165) is 56.1 Å². The first-order chi connectivity index (χ1) is 29.5. The van der Waals surface area contributed by atoms with Gasteiger partial charge >= 0.3 is 21.1 Å². The number of ether oxygens (including phenoxy) is 1. The van der Waals surface area contributed by atoms with Crippen LogP contribution in [0.15, 0.2) is 152 Å². The normalized spacial score (nSPS) is 13.5. The molecule has 0 fully saturated rings. The van der Waals surface area contributed by atoms with Crippen molar-refractivity contribution in [1.29, 1.82) is 0 Å². The zero-order valence-corrected chi connectivity index (χ0v) is 39.7. The molecule has 0 spiro atoms. The number of halogens is 1. The Morgan fingerprint density at radius 2 is 1.17 bits per heavy atom. The summed E-state index contributed by atoms with van der Waals surface area (Å²) in [7, 11) is 0. The second kappa shape index (κ2) is 16.3. The van der Waals surface area contributed by atoms with E-state index in [-0.39, 0.29) is 43.1 Å². The predicted molar refractivity (Wildman–Crippen MR) is 252 cm³/mol. The maximum atomic E-state index is 13.9. The molecule has 9 rings (SSSR count). The number of hydrogen-bond acceptors (Lipinski definition) is 4. The second-order valence-corrected chi connectivity index (χ2v) is 19.6. The standard InChI is InChI=1S/C57H52FN3O.Pt/c1-54(2,3)39-20-25-44(26-21-39)61-51-29-22-40(55(4,5)6)35-47(51)57(53-18-10-11-31-59-53,48-36-41(56(7,8)9)23-30-52(48)61)42-15-13-17-46(34-42)62-45-16-12-14-37(33-45)49-27-19-38-32-43(58)24-28-50(38)60-49;/h10-32,35-36H,1-9H3;/q-2;+2. The van der Waals surface area contributed by atoms with Gasteiger partial charge in [0.15, 0.2) is 0 Å². The summed E-state index contributed by atoms with van der Waals surface area (Å²) in [5.41, 5.74) is 12.1. The first-order valence-electron chi connectivity index (χ1n) is 21.4. The van der Waals surface area contributed by atoms with E-state index in [0.29, 0.717) is 17.0 Å². The van der Waals surface area contributed by atoms with Crippen molar-refractivity contribution in [1.82, 2.24) is 9.97 Å². The van der Waals surface area contributed by atoms with Crippen molar-refractivity contribution in [3.05, 3.63) is 209 Å². The largest absolute Gasteiger partial charge is 2.00 e. The van der Waals surface area contributed by atoms with Gasteiger partial charge in [0.25, 0.3) is 0 Å². The monoisotopic (exact) mass is 1010 g/mol. The summed E-state index contributed by atoms with van der Waals surface area (Å²) >= 11 is 0. The quantitative estimate of drug-likeness (QED) is 0.156. The van der Waals surface area contributed by atoms with Gasteiger partial charge in [-0.15, -0.1) is 41.5 Å². The van der Waals surface area contributed by atoms with Gasteiger partial charge in [0.2, 0.25) is 0 Å². The third-order valence-electron chi connectivity index (χ3n) is 12.1. The van der Waals surface area contributed by atoms with Crippen LogP contribution in [-0.4, -0.2) is 9.97 Å². The molecule has 1 aliphatic rings. The summed E-state index contributed by atoms with van der Waals surface area (Å²) in [4.78, 5) is 12.5. The molecule has 4 nitrogen and oxygen atoms in total. The molecule has 63 heavy (non-hydrogen) atoms. The van der Waals surface area contributed by atoms with Crippen LogP contribution in [0.25, 0.3) is 22.2 Å². The molecule has 318 valence electrons. The predicted octanol–water partition coefficient (Wildman–Crippen LogP) is 14.9. The first-order valence-corrected chi connectivity index (χ1v) is 21.4. The van der Waals surface area contributed by atoms with E-state index in [9.17, 15) is 4.39 Å². The molecule has 0 saturated carbocycles. The van der Waals surface area contributed by atoms with Crippen LogP contribution < -0.4 is 9.64 Å². The van der Waals surface area contributed by atoms with Crippen molar-refractivity contribution < 1.29 is 30.2 Å². The Morgan fingerprint density at radius 3 is 1.78 bits per heavy atom. The molecule has 0 bridgehead atoms. The van der Waals surface area contributed by atoms with E-state index in [4.69, 9.17) is 14.7 Å². The zero-order chi connectivity index (χ0) is 43.6. The molecule has 8 aromatic rings. The number of benzene rings is 6. The number of nitrogens with zero attached hydrogens (tertiary/aromatic N) is 3. The van der Waals surface area contributed by atoms with E-state index in [1.165, 1.54) is 28.8 Å². The zero-order valence-electron chi connectivity index (χ0n) is 37.4. The van der Waals surface area contributed by atoms with Crippen molar-refractivity contribution in [2.45, 2.75) is 84.0 Å². The van der Waals surface area contributed by atoms with Crippen LogP contribution in [0.1, 0.15) is 101 Å². The van der Waals surface area contributed by atoms with Gasteiger partial charge in [-0.2, -0.15) is 12.1 Å². The molecule has 0 N–H and O–H groups in total. The minimum Gasteiger partial charge on any atom is -0.503 e. The Morgan fingerprint density at radius 1 is 0.571 bits per heavy atom. The summed E-state index contributed by atoms with van der Waals surface area (Å²) < 4.78 is 20.6. The second-order valence-electron chi connectivity index (χ2n) is 19.6. The average Bonchev–Trinajstić information content (AvgIpc) is 3.24. The molecular weight excluding hydrogens is 957 g/mol. The van der Waals surface area contributed by atoms with Gasteiger partial charge in [0, 0.05) is 28.8 Å². The van der Waals surface area contributed by atoms with Gasteiger partial charge in [-0.25, -0.2) is 4.39 Å². The fraction of sp³-hybridized carbons (Fsp3) is 0.228. The molecule has 0 aliphatic carbocycles. The molecule has 0 unspecified atom stereocenters. The Kier molecular flexibility index (Phi) is 11.3. The fourth-order valence-electron chi connectivity index (χ4n) is 8.70. The van der Waals surface area contributed by atoms with Gasteiger partial charge in [-0.3, -0.25) is 9.97 Å². The van der Waals surface area contributed by atoms with Gasteiger partial charge in [0.05, 0.1) is 28.0 Å². The Labute approximate surface area is 386 Å². The molecule has 6 aromatic carbocycles. The Hall–Kier alpha value is -5.90. The molecule has 2 aromatic heterocycles. The van der Waals surface area contributed by atoms with Crippen LogP contribution in [0.3, 0.4) is 0 Å². The van der Waals surface area contributed by atoms with Crippen molar-refractivity contribution in [3.63, 3.8) is 0 Å². The first kappa shape index (κ1) is 43.7. The Bertz CT molecular complexity index is 2890. The summed E-state index contributed by atoms with van der Waals surface area (Å²) in [5.74, 6) is 0.795. The summed E-state index contributed by atoms with van der Waals surface area (Å²) in [6, 6.07) is 56.8. The minimum atomic E-state index is -0.907. The molecule has 0 saturated heterocycles. The van der Waals surface area contributed by atoms with Crippen LogP contribution in [0.5, 0.6) is 11.5 Å². The van der Waals surface area contributed by atoms with Crippen LogP contribution in [0, 0.1) is 17.9 Å². The number of aromatic nitrogens is 2. The van der Waals surface area contributed by atoms with Crippen molar-refractivity contribution in [2.75, 3.05) is 4.90 Å². The SMILES string of the molecule is CC(C)(C)c1ccc(N2c3ccc(C(C)(C)C)cc3C(c3[c-]c(Oc4[c-]c(-c5ccc6cc(F)ccc6n5)ccc4)ccc3)(c3ccccn3)c3cc(C(C)(C)C)ccc32)cc1.[Pt+2]. The van der Waals surface area contributed by atoms with Crippen molar-refractivity contribution in [3.8, 4) is 22.8 Å². The summed E-state index contributed by atoms with van der Waals surface area (Å²) in [6.45, 7) is 20.4. The third-order valence-corrected chi connectivity index (χ3v) is 12.1. The van der Waals surface area contributed by atoms with Gasteiger partial charge in [-0.05, 0) is 104 Å². The van der Waals surface area contributed by atoms with Gasteiger partial charge in [-0.1, -0.05) is 123 Å². The van der Waals surface area contributed by atoms with E-state index >= 15 is 0 Å². The topological polar surface area (TPSA) is 38.2 Å². The van der Waals surface area contributed by atoms with Crippen molar-refractivity contribution in [2.24, 2.45) is 0 Å². The van der Waals surface area contributed by atoms with Gasteiger partial charge in [0.1, 0.15) is 5.82 Å². The number of anilines is 3. The van der Waals surface area contributed by atoms with E-state index in [2.05, 4.69) is 164 Å². The Balaban J connectivity index is 0.00000544. The average molecular weight is 1010 g/mol. The smallest absolute Gasteiger partial charge is 0.503 e. The van der Waals surface area contributed by atoms with Crippen molar-refractivity contribution >= 4 is 28.0 Å². The maximum Gasteiger partial charge on any atom is 2.00 e. The molecule has 1 aliphatic heterocycles. The third kappa shape index (κ3) is 8.13. The van der Waals surface area contributed by atoms with Crippen LogP contribution >= 0.6 is 0 Å². The van der Waals surface area contributed by atoms with Crippen LogP contribution in [0.4, 0.5) is 21.5 Å². The van der Waals surface area contributed by atoms with Gasteiger partial charge < -0.3 is 9.64 Å². The molecule has 0 atom stereocenters. The van der Waals surface area contributed by atoms with Crippen LogP contribution in [-0.2, 0) is 42.7 Å². The van der Waals surface area contributed by atoms with Crippen LogP contribution in [0.2, 0.25) is 0 Å². The number of rotatable bonds is 6. The fourth-order valence-corrected chi connectivity index (χ4v) is 8.70. The van der Waals surface area contributed by atoms with E-state index in [1.54, 1.807) is 6.07 Å². The molecule has 3 heterocycles. The molecular formula is C57H52FN3OPt. The maximum absolute atomic E-state index is 13.9. The molecule has 0 radical (unpaired) electrons. The number of hydrogen-bond donors (Lipinski definition) is 0. The molecule has 6 heteroatoms. The van der Waals surface area contributed by atoms with E-state index in [1.807, 2.05) is 48.7 Å². The number of fused-ring (bicyclic) bond motifs is 3. The minimum absolute atomic E-state index is 0. The summed E-state index contributed by atoms with van der Waals surface area (Å²) in [5, 5.41) is 0.742. The summed E-state index contributed by atoms with van der Waals surface area (Å²) in [6.07, 6.45) is 1.90.